The number of anilines is 3. The molecule has 6 heteroatoms. The maximum absolute atomic E-state index is 5.84. The summed E-state index contributed by atoms with van der Waals surface area (Å²) in [5, 5.41) is 3.59. The molecule has 1 heterocycles. The SMILES string of the molecule is COc1ccc(Nc2ncc(Cl)cc2N)c(OC)c1. The molecule has 0 radical (unpaired) electrons. The Morgan fingerprint density at radius 1 is 1.21 bits per heavy atom. The van der Waals surface area contributed by atoms with Gasteiger partial charge in [-0.15, -0.1) is 0 Å². The lowest BCUT2D eigenvalue weighted by atomic mass is 10.2. The highest BCUT2D eigenvalue weighted by atomic mass is 35.5. The van der Waals surface area contributed by atoms with Gasteiger partial charge in [0, 0.05) is 12.3 Å². The van der Waals surface area contributed by atoms with Crippen molar-refractivity contribution in [1.82, 2.24) is 4.98 Å². The molecule has 2 aromatic rings. The Hall–Kier alpha value is -2.14. The third-order valence-corrected chi connectivity index (χ3v) is 2.75. The smallest absolute Gasteiger partial charge is 0.153 e. The Kier molecular flexibility index (Phi) is 3.97. The first kappa shape index (κ1) is 13.3. The maximum Gasteiger partial charge on any atom is 0.153 e. The molecule has 3 N–H and O–H groups in total. The zero-order valence-electron chi connectivity index (χ0n) is 10.6. The van der Waals surface area contributed by atoms with E-state index in [4.69, 9.17) is 26.8 Å². The summed E-state index contributed by atoms with van der Waals surface area (Å²) in [7, 11) is 3.18. The van der Waals surface area contributed by atoms with Gasteiger partial charge < -0.3 is 20.5 Å². The summed E-state index contributed by atoms with van der Waals surface area (Å²) in [5.74, 6) is 1.86. The standard InChI is InChI=1S/C13H14ClN3O2/c1-18-9-3-4-11(12(6-9)19-2)17-13-10(15)5-8(14)7-16-13/h3-7H,15H2,1-2H3,(H,16,17). The second-order valence-corrected chi connectivity index (χ2v) is 4.22. The van der Waals surface area contributed by atoms with Gasteiger partial charge in [0.1, 0.15) is 11.5 Å². The molecule has 0 saturated carbocycles. The third kappa shape index (κ3) is 3.00. The van der Waals surface area contributed by atoms with Crippen LogP contribution in [0.15, 0.2) is 30.5 Å². The number of nitrogen functional groups attached to an aromatic ring is 1. The molecule has 0 aliphatic rings. The van der Waals surface area contributed by atoms with Crippen molar-refractivity contribution >= 4 is 28.8 Å². The van der Waals surface area contributed by atoms with E-state index in [2.05, 4.69) is 10.3 Å². The molecule has 0 unspecified atom stereocenters. The number of nitrogens with two attached hydrogens (primary N) is 1. The second-order valence-electron chi connectivity index (χ2n) is 3.78. The summed E-state index contributed by atoms with van der Waals surface area (Å²) < 4.78 is 10.4. The van der Waals surface area contributed by atoms with Crippen LogP contribution < -0.4 is 20.5 Å². The van der Waals surface area contributed by atoms with Crippen LogP contribution in [0.3, 0.4) is 0 Å². The van der Waals surface area contributed by atoms with Crippen molar-refractivity contribution in [3.63, 3.8) is 0 Å². The van der Waals surface area contributed by atoms with Crippen molar-refractivity contribution in [2.75, 3.05) is 25.3 Å². The minimum atomic E-state index is 0.463. The highest BCUT2D eigenvalue weighted by molar-refractivity contribution is 6.30. The number of nitrogens with zero attached hydrogens (tertiary/aromatic N) is 1. The van der Waals surface area contributed by atoms with E-state index in [1.807, 2.05) is 12.1 Å². The molecule has 0 spiro atoms. The van der Waals surface area contributed by atoms with Gasteiger partial charge >= 0.3 is 0 Å². The van der Waals surface area contributed by atoms with E-state index in [1.54, 1.807) is 26.4 Å². The van der Waals surface area contributed by atoms with Crippen LogP contribution in [-0.4, -0.2) is 19.2 Å². The van der Waals surface area contributed by atoms with E-state index in [9.17, 15) is 0 Å². The molecule has 5 nitrogen and oxygen atoms in total. The van der Waals surface area contributed by atoms with Crippen LogP contribution in [0.5, 0.6) is 11.5 Å². The van der Waals surface area contributed by atoms with Crippen molar-refractivity contribution in [3.05, 3.63) is 35.5 Å². The molecule has 0 aliphatic carbocycles. The van der Waals surface area contributed by atoms with Gasteiger partial charge in [-0.2, -0.15) is 0 Å². The molecule has 1 aromatic carbocycles. The normalized spacial score (nSPS) is 10.1. The summed E-state index contributed by atoms with van der Waals surface area (Å²) in [6.07, 6.45) is 1.52. The van der Waals surface area contributed by atoms with E-state index in [1.165, 1.54) is 6.20 Å². The fourth-order valence-corrected chi connectivity index (χ4v) is 1.76. The Bertz CT molecular complexity index is 590. The lowest BCUT2D eigenvalue weighted by molar-refractivity contribution is 0.395. The lowest BCUT2D eigenvalue weighted by Crippen LogP contribution is -2.01. The van der Waals surface area contributed by atoms with Gasteiger partial charge in [0.25, 0.3) is 0 Å². The first-order valence-electron chi connectivity index (χ1n) is 5.54. The van der Waals surface area contributed by atoms with Gasteiger partial charge in [0.05, 0.1) is 30.6 Å². The largest absolute Gasteiger partial charge is 0.497 e. The van der Waals surface area contributed by atoms with Gasteiger partial charge in [0.2, 0.25) is 0 Å². The van der Waals surface area contributed by atoms with Crippen molar-refractivity contribution in [1.29, 1.82) is 0 Å². The quantitative estimate of drug-likeness (QED) is 0.900. The van der Waals surface area contributed by atoms with Gasteiger partial charge in [-0.3, -0.25) is 0 Å². The first-order valence-corrected chi connectivity index (χ1v) is 5.92. The summed E-state index contributed by atoms with van der Waals surface area (Å²) in [4.78, 5) is 4.14. The molecule has 1 aromatic heterocycles. The van der Waals surface area contributed by atoms with E-state index in [0.717, 1.165) is 5.69 Å². The molecular weight excluding hydrogens is 266 g/mol. The summed E-state index contributed by atoms with van der Waals surface area (Å²) >= 11 is 5.81. The molecule has 0 fully saturated rings. The number of benzene rings is 1. The fourth-order valence-electron chi connectivity index (χ4n) is 1.59. The number of ether oxygens (including phenoxy) is 2. The topological polar surface area (TPSA) is 69.4 Å². The van der Waals surface area contributed by atoms with Gasteiger partial charge in [0.15, 0.2) is 5.82 Å². The Morgan fingerprint density at radius 2 is 2.00 bits per heavy atom. The van der Waals surface area contributed by atoms with E-state index >= 15 is 0 Å². The number of pyridine rings is 1. The average molecular weight is 280 g/mol. The minimum absolute atomic E-state index is 0.463. The summed E-state index contributed by atoms with van der Waals surface area (Å²) in [6.45, 7) is 0. The van der Waals surface area contributed by atoms with Crippen LogP contribution in [0.2, 0.25) is 5.02 Å². The van der Waals surface area contributed by atoms with Gasteiger partial charge in [-0.1, -0.05) is 11.6 Å². The maximum atomic E-state index is 5.84. The van der Waals surface area contributed by atoms with Crippen LogP contribution in [0.1, 0.15) is 0 Å². The molecule has 0 saturated heterocycles. The number of hydrogen-bond donors (Lipinski definition) is 2. The highest BCUT2D eigenvalue weighted by Crippen LogP contribution is 2.32. The molecule has 2 rings (SSSR count). The lowest BCUT2D eigenvalue weighted by Gasteiger charge is -2.13. The minimum Gasteiger partial charge on any atom is -0.497 e. The monoisotopic (exact) mass is 279 g/mol. The average Bonchev–Trinajstić information content (AvgIpc) is 2.42. The third-order valence-electron chi connectivity index (χ3n) is 2.55. The van der Waals surface area contributed by atoms with Crippen LogP contribution in [0, 0.1) is 0 Å². The number of hydrogen-bond acceptors (Lipinski definition) is 5. The zero-order valence-corrected chi connectivity index (χ0v) is 11.4. The predicted octanol–water partition coefficient (Wildman–Crippen LogP) is 3.08. The highest BCUT2D eigenvalue weighted by Gasteiger charge is 2.08. The van der Waals surface area contributed by atoms with E-state index in [0.29, 0.717) is 28.0 Å². The number of halogens is 1. The van der Waals surface area contributed by atoms with Crippen molar-refractivity contribution < 1.29 is 9.47 Å². The molecule has 19 heavy (non-hydrogen) atoms. The Morgan fingerprint density at radius 3 is 2.63 bits per heavy atom. The van der Waals surface area contributed by atoms with Gasteiger partial charge in [-0.05, 0) is 18.2 Å². The number of methoxy groups -OCH3 is 2. The summed E-state index contributed by atoms with van der Waals surface area (Å²) in [6, 6.07) is 7.05. The van der Waals surface area contributed by atoms with E-state index in [-0.39, 0.29) is 0 Å². The zero-order chi connectivity index (χ0) is 13.8. The molecule has 100 valence electrons. The van der Waals surface area contributed by atoms with Crippen LogP contribution in [0.25, 0.3) is 0 Å². The van der Waals surface area contributed by atoms with Crippen molar-refractivity contribution in [2.24, 2.45) is 0 Å². The van der Waals surface area contributed by atoms with Gasteiger partial charge in [-0.25, -0.2) is 4.98 Å². The van der Waals surface area contributed by atoms with Crippen LogP contribution in [0.4, 0.5) is 17.2 Å². The summed E-state index contributed by atoms with van der Waals surface area (Å²) in [5.41, 5.74) is 7.05. The van der Waals surface area contributed by atoms with Crippen LogP contribution in [-0.2, 0) is 0 Å². The first-order chi connectivity index (χ1) is 9.13. The number of nitrogens with one attached hydrogen (secondary N) is 1. The molecular formula is C13H14ClN3O2. The van der Waals surface area contributed by atoms with Crippen molar-refractivity contribution in [2.45, 2.75) is 0 Å². The predicted molar refractivity (Wildman–Crippen MR) is 76.5 cm³/mol. The Labute approximate surface area is 116 Å². The molecule has 0 atom stereocenters. The number of rotatable bonds is 4. The molecule has 0 bridgehead atoms. The fraction of sp³-hybridized carbons (Fsp3) is 0.154. The molecule has 0 aliphatic heterocycles. The van der Waals surface area contributed by atoms with Crippen LogP contribution >= 0.6 is 11.6 Å². The Balaban J connectivity index is 2.32. The van der Waals surface area contributed by atoms with E-state index < -0.39 is 0 Å². The second kappa shape index (κ2) is 5.67. The number of aromatic nitrogens is 1. The van der Waals surface area contributed by atoms with Crippen molar-refractivity contribution in [3.8, 4) is 11.5 Å². The molecule has 0 amide bonds.